The summed E-state index contributed by atoms with van der Waals surface area (Å²) in [6, 6.07) is 0. The van der Waals surface area contributed by atoms with Gasteiger partial charge < -0.3 is 0 Å². The highest BCUT2D eigenvalue weighted by molar-refractivity contribution is 7.94. The zero-order chi connectivity index (χ0) is 10.4. The molecule has 0 atom stereocenters. The van der Waals surface area contributed by atoms with Crippen molar-refractivity contribution >= 4 is 21.7 Å². The highest BCUT2D eigenvalue weighted by Crippen LogP contribution is 2.34. The molecule has 1 aliphatic rings. The second kappa shape index (κ2) is 2.54. The Bertz CT molecular complexity index is 368. The van der Waals surface area contributed by atoms with Crippen LogP contribution in [0.15, 0.2) is 0 Å². The Morgan fingerprint density at radius 2 is 1.92 bits per heavy atom. The molecule has 1 heterocycles. The molecular weight excluding hydrogens is 194 g/mol. The van der Waals surface area contributed by atoms with Crippen molar-refractivity contribution in [2.75, 3.05) is 6.54 Å². The monoisotopic (exact) mass is 205 g/mol. The number of rotatable bonds is 2. The normalized spacial score (nSPS) is 23.9. The minimum absolute atomic E-state index is 0.340. The van der Waals surface area contributed by atoms with Gasteiger partial charge in [-0.3, -0.25) is 9.59 Å². The summed E-state index contributed by atoms with van der Waals surface area (Å²) < 4.78 is 22.0. The van der Waals surface area contributed by atoms with Crippen molar-refractivity contribution in [3.05, 3.63) is 0 Å². The van der Waals surface area contributed by atoms with Gasteiger partial charge >= 0.3 is 0 Å². The molecule has 1 aliphatic heterocycles. The lowest BCUT2D eigenvalue weighted by Crippen LogP contribution is -2.67. The molecule has 13 heavy (non-hydrogen) atoms. The predicted octanol–water partition coefficient (Wildman–Crippen LogP) is -0.474. The third-order valence-corrected chi connectivity index (χ3v) is 4.38. The van der Waals surface area contributed by atoms with Crippen LogP contribution in [0.2, 0.25) is 0 Å². The lowest BCUT2D eigenvalue weighted by Gasteiger charge is -2.42. The molecule has 1 saturated heterocycles. The van der Waals surface area contributed by atoms with E-state index in [1.54, 1.807) is 0 Å². The summed E-state index contributed by atoms with van der Waals surface area (Å²) in [6.45, 7) is 3.57. The Labute approximate surface area is 76.8 Å². The van der Waals surface area contributed by atoms with Gasteiger partial charge in [0.2, 0.25) is 0 Å². The molecule has 0 aromatic carbocycles. The van der Waals surface area contributed by atoms with Crippen LogP contribution in [0.3, 0.4) is 0 Å². The van der Waals surface area contributed by atoms with E-state index in [2.05, 4.69) is 0 Å². The Hall–Kier alpha value is -0.910. The first kappa shape index (κ1) is 10.2. The molecule has 5 nitrogen and oxygen atoms in total. The maximum atomic E-state index is 11.4. The van der Waals surface area contributed by atoms with Gasteiger partial charge in [-0.15, -0.1) is 0 Å². The SMILES string of the molecule is CC(=O)CN1C(=O)C(C)(C)S1(=O)=O. The summed E-state index contributed by atoms with van der Waals surface area (Å²) >= 11 is 0. The maximum absolute atomic E-state index is 11.4. The van der Waals surface area contributed by atoms with E-state index in [1.807, 2.05) is 0 Å². The molecule has 0 N–H and O–H groups in total. The number of ketones is 1. The standard InChI is InChI=1S/C7H11NO4S/c1-5(9)4-8-6(10)7(2,3)13(8,11)12/h4H2,1-3H3. The minimum Gasteiger partial charge on any atom is -0.298 e. The van der Waals surface area contributed by atoms with Crippen LogP contribution in [0.5, 0.6) is 0 Å². The molecule has 1 rings (SSSR count). The maximum Gasteiger partial charge on any atom is 0.259 e. The molecule has 0 aromatic heterocycles. The van der Waals surface area contributed by atoms with Crippen molar-refractivity contribution in [3.8, 4) is 0 Å². The number of nitrogens with zero attached hydrogens (tertiary/aromatic N) is 1. The highest BCUT2D eigenvalue weighted by Gasteiger charge is 2.60. The number of hydrogen-bond acceptors (Lipinski definition) is 4. The van der Waals surface area contributed by atoms with E-state index >= 15 is 0 Å². The summed E-state index contributed by atoms with van der Waals surface area (Å²) in [5.41, 5.74) is 0. The van der Waals surface area contributed by atoms with E-state index in [1.165, 1.54) is 20.8 Å². The summed E-state index contributed by atoms with van der Waals surface area (Å²) in [6.07, 6.45) is 0. The number of sulfonamides is 1. The first-order valence-electron chi connectivity index (χ1n) is 3.77. The zero-order valence-corrected chi connectivity index (χ0v) is 8.51. The van der Waals surface area contributed by atoms with Gasteiger partial charge in [0.25, 0.3) is 15.9 Å². The lowest BCUT2D eigenvalue weighted by atomic mass is 10.2. The van der Waals surface area contributed by atoms with Crippen molar-refractivity contribution in [1.82, 2.24) is 4.31 Å². The molecule has 0 radical (unpaired) electrons. The summed E-state index contributed by atoms with van der Waals surface area (Å²) in [4.78, 5) is 21.9. The summed E-state index contributed by atoms with van der Waals surface area (Å²) in [5.74, 6) is -0.852. The molecule has 0 bridgehead atoms. The second-order valence-corrected chi connectivity index (χ2v) is 5.94. The molecule has 1 amide bonds. The molecule has 0 spiro atoms. The van der Waals surface area contributed by atoms with E-state index in [0.29, 0.717) is 4.31 Å². The van der Waals surface area contributed by atoms with Crippen LogP contribution < -0.4 is 0 Å². The molecular formula is C7H11NO4S. The fraction of sp³-hybridized carbons (Fsp3) is 0.714. The number of hydrogen-bond donors (Lipinski definition) is 0. The van der Waals surface area contributed by atoms with E-state index in [4.69, 9.17) is 0 Å². The largest absolute Gasteiger partial charge is 0.298 e. The first-order valence-corrected chi connectivity index (χ1v) is 5.21. The van der Waals surface area contributed by atoms with Crippen molar-refractivity contribution in [1.29, 1.82) is 0 Å². The van der Waals surface area contributed by atoms with Crippen molar-refractivity contribution in [2.45, 2.75) is 25.5 Å². The number of amides is 1. The van der Waals surface area contributed by atoms with Gasteiger partial charge in [-0.05, 0) is 20.8 Å². The van der Waals surface area contributed by atoms with Crippen LogP contribution in [-0.4, -0.2) is 35.7 Å². The van der Waals surface area contributed by atoms with E-state index in [0.717, 1.165) is 0 Å². The fourth-order valence-corrected chi connectivity index (χ4v) is 2.66. The molecule has 0 aromatic rings. The quantitative estimate of drug-likeness (QED) is 0.610. The number of Topliss-reactive ketones (excluding diaryl/α,β-unsaturated/α-hetero) is 1. The van der Waals surface area contributed by atoms with Gasteiger partial charge in [-0.1, -0.05) is 0 Å². The first-order chi connectivity index (χ1) is 5.71. The third kappa shape index (κ3) is 1.16. The third-order valence-electron chi connectivity index (χ3n) is 2.04. The van der Waals surface area contributed by atoms with Gasteiger partial charge in [-0.25, -0.2) is 12.7 Å². The van der Waals surface area contributed by atoms with Crippen LogP contribution in [0.4, 0.5) is 0 Å². The van der Waals surface area contributed by atoms with Crippen molar-refractivity contribution in [2.24, 2.45) is 0 Å². The van der Waals surface area contributed by atoms with Crippen molar-refractivity contribution in [3.63, 3.8) is 0 Å². The Morgan fingerprint density at radius 3 is 2.23 bits per heavy atom. The molecule has 1 fully saturated rings. The zero-order valence-electron chi connectivity index (χ0n) is 7.70. The molecule has 0 saturated carbocycles. The van der Waals surface area contributed by atoms with E-state index in [9.17, 15) is 18.0 Å². The van der Waals surface area contributed by atoms with E-state index in [-0.39, 0.29) is 12.3 Å². The summed E-state index contributed by atoms with van der Waals surface area (Å²) in [7, 11) is -3.58. The van der Waals surface area contributed by atoms with Gasteiger partial charge in [0.05, 0.1) is 6.54 Å². The molecule has 6 heteroatoms. The highest BCUT2D eigenvalue weighted by atomic mass is 32.2. The van der Waals surface area contributed by atoms with Crippen LogP contribution >= 0.6 is 0 Å². The van der Waals surface area contributed by atoms with Crippen LogP contribution in [0.1, 0.15) is 20.8 Å². The lowest BCUT2D eigenvalue weighted by molar-refractivity contribution is -0.135. The average molecular weight is 205 g/mol. The van der Waals surface area contributed by atoms with Crippen LogP contribution in [-0.2, 0) is 19.6 Å². The predicted molar refractivity (Wildman–Crippen MR) is 45.4 cm³/mol. The Morgan fingerprint density at radius 1 is 1.46 bits per heavy atom. The smallest absolute Gasteiger partial charge is 0.259 e. The number of carbonyl (C=O) groups excluding carboxylic acids is 2. The Kier molecular flexibility index (Phi) is 1.99. The molecule has 74 valence electrons. The van der Waals surface area contributed by atoms with E-state index < -0.39 is 20.7 Å². The average Bonchev–Trinajstić information content (AvgIpc) is 1.98. The van der Waals surface area contributed by atoms with Crippen molar-refractivity contribution < 1.29 is 18.0 Å². The van der Waals surface area contributed by atoms with Gasteiger partial charge in [0, 0.05) is 0 Å². The summed E-state index contributed by atoms with van der Waals surface area (Å²) in [5, 5.41) is 0. The number of carbonyl (C=O) groups is 2. The topological polar surface area (TPSA) is 71.5 Å². The van der Waals surface area contributed by atoms with Crippen LogP contribution in [0, 0.1) is 0 Å². The second-order valence-electron chi connectivity index (χ2n) is 3.53. The van der Waals surface area contributed by atoms with Gasteiger partial charge in [-0.2, -0.15) is 0 Å². The molecule has 0 aliphatic carbocycles. The molecule has 0 unspecified atom stereocenters. The minimum atomic E-state index is -3.58. The van der Waals surface area contributed by atoms with Gasteiger partial charge in [0.15, 0.2) is 4.75 Å². The Balaban J connectivity index is 2.96. The van der Waals surface area contributed by atoms with Gasteiger partial charge in [0.1, 0.15) is 5.78 Å². The fourth-order valence-electron chi connectivity index (χ4n) is 1.12. The van der Waals surface area contributed by atoms with Crippen LogP contribution in [0.25, 0.3) is 0 Å².